The molecule has 0 atom stereocenters. The molecule has 9 heteroatoms. The lowest BCUT2D eigenvalue weighted by molar-refractivity contribution is -0.113. The molecule has 0 saturated heterocycles. The van der Waals surface area contributed by atoms with E-state index < -0.39 is 5.82 Å². The third-order valence-electron chi connectivity index (χ3n) is 4.41. The molecule has 0 unspecified atom stereocenters. The van der Waals surface area contributed by atoms with E-state index in [-0.39, 0.29) is 18.3 Å². The third-order valence-corrected chi connectivity index (χ3v) is 5.43. The van der Waals surface area contributed by atoms with Crippen LogP contribution in [0, 0.1) is 19.7 Å². The lowest BCUT2D eigenvalue weighted by Gasteiger charge is -2.11. The first kappa shape index (κ1) is 21.6. The Bertz CT molecular complexity index is 1050. The lowest BCUT2D eigenvalue weighted by Crippen LogP contribution is -2.15. The standard InChI is InChI=1S/C21H23FN4O3S/c1-13-5-8-17(18(9-13)28-4)29-11-19-24-25-21(26(19)3)30-12-20(27)23-16-10-15(22)7-6-14(16)2/h5-10H,11-12H2,1-4H3,(H,23,27). The number of aromatic nitrogens is 3. The van der Waals surface area contributed by atoms with E-state index in [1.165, 1.54) is 23.9 Å². The minimum atomic E-state index is -0.397. The zero-order valence-electron chi connectivity index (χ0n) is 17.2. The molecule has 1 amide bonds. The van der Waals surface area contributed by atoms with Gasteiger partial charge in [-0.25, -0.2) is 4.39 Å². The van der Waals surface area contributed by atoms with Gasteiger partial charge in [0.05, 0.1) is 12.9 Å². The number of carbonyl (C=O) groups is 1. The summed E-state index contributed by atoms with van der Waals surface area (Å²) in [5, 5.41) is 11.6. The molecule has 1 heterocycles. The average molecular weight is 431 g/mol. The van der Waals surface area contributed by atoms with Crippen molar-refractivity contribution in [1.82, 2.24) is 14.8 Å². The van der Waals surface area contributed by atoms with E-state index in [2.05, 4.69) is 15.5 Å². The second-order valence-corrected chi connectivity index (χ2v) is 7.64. The minimum absolute atomic E-state index is 0.120. The normalized spacial score (nSPS) is 10.7. The molecule has 0 bridgehead atoms. The van der Waals surface area contributed by atoms with Gasteiger partial charge in [-0.2, -0.15) is 0 Å². The topological polar surface area (TPSA) is 78.3 Å². The fourth-order valence-electron chi connectivity index (χ4n) is 2.68. The second-order valence-electron chi connectivity index (χ2n) is 6.70. The van der Waals surface area contributed by atoms with Crippen LogP contribution in [0.2, 0.25) is 0 Å². The van der Waals surface area contributed by atoms with E-state index in [1.807, 2.05) is 32.2 Å². The number of hydrogen-bond acceptors (Lipinski definition) is 6. The molecule has 0 saturated carbocycles. The maximum absolute atomic E-state index is 13.4. The summed E-state index contributed by atoms with van der Waals surface area (Å²) in [7, 11) is 3.40. The van der Waals surface area contributed by atoms with Crippen LogP contribution in [0.4, 0.5) is 10.1 Å². The van der Waals surface area contributed by atoms with Gasteiger partial charge in [0.15, 0.2) is 22.5 Å². The molecule has 0 aliphatic heterocycles. The van der Waals surface area contributed by atoms with Gasteiger partial charge in [-0.15, -0.1) is 10.2 Å². The van der Waals surface area contributed by atoms with Gasteiger partial charge in [0.25, 0.3) is 0 Å². The van der Waals surface area contributed by atoms with Gasteiger partial charge in [-0.05, 0) is 49.2 Å². The Labute approximate surface area is 178 Å². The molecular weight excluding hydrogens is 407 g/mol. The van der Waals surface area contributed by atoms with Crippen molar-refractivity contribution in [2.75, 3.05) is 18.2 Å². The number of nitrogens with one attached hydrogen (secondary N) is 1. The van der Waals surface area contributed by atoms with Crippen LogP contribution in [-0.4, -0.2) is 33.5 Å². The molecule has 158 valence electrons. The molecule has 0 spiro atoms. The molecule has 2 aromatic carbocycles. The molecule has 0 aliphatic rings. The summed E-state index contributed by atoms with van der Waals surface area (Å²) in [5.74, 6) is 1.35. The number of carbonyl (C=O) groups excluding carboxylic acids is 1. The Morgan fingerprint density at radius 3 is 2.73 bits per heavy atom. The van der Waals surface area contributed by atoms with Crippen molar-refractivity contribution < 1.29 is 18.7 Å². The summed E-state index contributed by atoms with van der Waals surface area (Å²) in [6, 6.07) is 9.96. The summed E-state index contributed by atoms with van der Waals surface area (Å²) in [4.78, 5) is 12.2. The molecule has 0 aliphatic carbocycles. The summed E-state index contributed by atoms with van der Waals surface area (Å²) < 4.78 is 26.3. The molecule has 0 radical (unpaired) electrons. The van der Waals surface area contributed by atoms with Gasteiger partial charge in [0.2, 0.25) is 5.91 Å². The summed E-state index contributed by atoms with van der Waals surface area (Å²) in [5.41, 5.74) is 2.32. The summed E-state index contributed by atoms with van der Waals surface area (Å²) in [6.45, 7) is 3.99. The van der Waals surface area contributed by atoms with Crippen molar-refractivity contribution >= 4 is 23.4 Å². The third kappa shape index (κ3) is 5.29. The molecule has 1 N–H and O–H groups in total. The number of amides is 1. The van der Waals surface area contributed by atoms with Crippen LogP contribution in [0.5, 0.6) is 11.5 Å². The minimum Gasteiger partial charge on any atom is -0.493 e. The van der Waals surface area contributed by atoms with Gasteiger partial charge in [-0.1, -0.05) is 23.9 Å². The summed E-state index contributed by atoms with van der Waals surface area (Å²) in [6.07, 6.45) is 0. The Morgan fingerprint density at radius 1 is 1.17 bits per heavy atom. The van der Waals surface area contributed by atoms with Crippen LogP contribution in [0.3, 0.4) is 0 Å². The molecular formula is C21H23FN4O3S. The highest BCUT2D eigenvalue weighted by atomic mass is 32.2. The fraction of sp³-hybridized carbons (Fsp3) is 0.286. The maximum atomic E-state index is 13.4. The Balaban J connectivity index is 1.57. The number of nitrogens with zero attached hydrogens (tertiary/aromatic N) is 3. The van der Waals surface area contributed by atoms with Gasteiger partial charge in [-0.3, -0.25) is 4.79 Å². The average Bonchev–Trinajstić information content (AvgIpc) is 3.07. The zero-order valence-corrected chi connectivity index (χ0v) is 18.0. The number of aryl methyl sites for hydroxylation is 2. The predicted molar refractivity (Wildman–Crippen MR) is 114 cm³/mol. The lowest BCUT2D eigenvalue weighted by atomic mass is 10.2. The fourth-order valence-corrected chi connectivity index (χ4v) is 3.41. The largest absolute Gasteiger partial charge is 0.493 e. The molecule has 3 aromatic rings. The monoisotopic (exact) mass is 430 g/mol. The van der Waals surface area contributed by atoms with Crippen molar-refractivity contribution in [2.45, 2.75) is 25.6 Å². The van der Waals surface area contributed by atoms with E-state index in [9.17, 15) is 9.18 Å². The number of hydrogen-bond donors (Lipinski definition) is 1. The van der Waals surface area contributed by atoms with Crippen LogP contribution in [-0.2, 0) is 18.4 Å². The number of benzene rings is 2. The van der Waals surface area contributed by atoms with Crippen LogP contribution in [0.25, 0.3) is 0 Å². The molecule has 1 aromatic heterocycles. The van der Waals surface area contributed by atoms with Crippen molar-refractivity contribution in [2.24, 2.45) is 7.05 Å². The van der Waals surface area contributed by atoms with Crippen molar-refractivity contribution in [3.8, 4) is 11.5 Å². The van der Waals surface area contributed by atoms with Crippen molar-refractivity contribution in [3.63, 3.8) is 0 Å². The first-order valence-electron chi connectivity index (χ1n) is 9.22. The highest BCUT2D eigenvalue weighted by Gasteiger charge is 2.14. The first-order chi connectivity index (χ1) is 14.4. The molecule has 7 nitrogen and oxygen atoms in total. The zero-order chi connectivity index (χ0) is 21.7. The smallest absolute Gasteiger partial charge is 0.234 e. The number of rotatable bonds is 8. The highest BCUT2D eigenvalue weighted by molar-refractivity contribution is 7.99. The molecule has 30 heavy (non-hydrogen) atoms. The quantitative estimate of drug-likeness (QED) is 0.547. The first-order valence-corrected chi connectivity index (χ1v) is 10.2. The number of anilines is 1. The van der Waals surface area contributed by atoms with Crippen molar-refractivity contribution in [3.05, 3.63) is 59.2 Å². The number of ether oxygens (including phenoxy) is 2. The SMILES string of the molecule is COc1cc(C)ccc1OCc1nnc(SCC(=O)Nc2cc(F)ccc2C)n1C. The Morgan fingerprint density at radius 2 is 1.97 bits per heavy atom. The van der Waals surface area contributed by atoms with Crippen LogP contribution >= 0.6 is 11.8 Å². The van der Waals surface area contributed by atoms with Gasteiger partial charge in [0.1, 0.15) is 12.4 Å². The van der Waals surface area contributed by atoms with Crippen LogP contribution < -0.4 is 14.8 Å². The van der Waals surface area contributed by atoms with E-state index >= 15 is 0 Å². The van der Waals surface area contributed by atoms with Gasteiger partial charge < -0.3 is 19.4 Å². The maximum Gasteiger partial charge on any atom is 0.234 e. The van der Waals surface area contributed by atoms with E-state index in [0.29, 0.717) is 28.2 Å². The number of thioether (sulfide) groups is 1. The Kier molecular flexibility index (Phi) is 6.94. The van der Waals surface area contributed by atoms with Crippen LogP contribution in [0.15, 0.2) is 41.6 Å². The number of halogens is 1. The second kappa shape index (κ2) is 9.62. The van der Waals surface area contributed by atoms with Crippen LogP contribution in [0.1, 0.15) is 17.0 Å². The molecule has 0 fully saturated rings. The van der Waals surface area contributed by atoms with E-state index in [1.54, 1.807) is 24.7 Å². The summed E-state index contributed by atoms with van der Waals surface area (Å²) >= 11 is 1.24. The van der Waals surface area contributed by atoms with Crippen molar-refractivity contribution in [1.29, 1.82) is 0 Å². The van der Waals surface area contributed by atoms with Gasteiger partial charge >= 0.3 is 0 Å². The Hall–Kier alpha value is -3.07. The highest BCUT2D eigenvalue weighted by Crippen LogP contribution is 2.28. The molecule has 3 rings (SSSR count). The van der Waals surface area contributed by atoms with Gasteiger partial charge in [0, 0.05) is 12.7 Å². The van der Waals surface area contributed by atoms with E-state index in [4.69, 9.17) is 9.47 Å². The van der Waals surface area contributed by atoms with E-state index in [0.717, 1.165) is 11.1 Å². The number of methoxy groups -OCH3 is 1. The predicted octanol–water partition coefficient (Wildman–Crippen LogP) is 3.89.